The molecule has 0 amide bonds. The summed E-state index contributed by atoms with van der Waals surface area (Å²) in [6.07, 6.45) is 0. The number of benzene rings is 1. The first kappa shape index (κ1) is 14.1. The van der Waals surface area contributed by atoms with E-state index in [0.29, 0.717) is 17.5 Å². The van der Waals surface area contributed by atoms with Crippen molar-refractivity contribution in [3.05, 3.63) is 36.0 Å². The Labute approximate surface area is 127 Å². The van der Waals surface area contributed by atoms with Crippen LogP contribution in [-0.4, -0.2) is 19.7 Å². The van der Waals surface area contributed by atoms with E-state index in [1.165, 1.54) is 0 Å². The number of nitrogens with zero attached hydrogens (tertiary/aromatic N) is 4. The van der Waals surface area contributed by atoms with Crippen molar-refractivity contribution >= 4 is 22.8 Å². The van der Waals surface area contributed by atoms with Crippen molar-refractivity contribution in [2.24, 2.45) is 7.05 Å². The molecule has 0 bridgehead atoms. The second-order valence-electron chi connectivity index (χ2n) is 5.98. The number of rotatable bonds is 3. The fraction of sp³-hybridized carbons (Fsp3) is 0.400. The highest BCUT2D eigenvalue weighted by molar-refractivity contribution is 7.98. The van der Waals surface area contributed by atoms with E-state index in [1.807, 2.05) is 25.2 Å². The molecule has 3 aromatic rings. The molecule has 0 saturated heterocycles. The van der Waals surface area contributed by atoms with Gasteiger partial charge in [0.25, 0.3) is 0 Å². The van der Waals surface area contributed by atoms with Crippen LogP contribution in [0, 0.1) is 0 Å². The third kappa shape index (κ3) is 2.81. The fourth-order valence-corrected chi connectivity index (χ4v) is 2.82. The van der Waals surface area contributed by atoms with E-state index in [4.69, 9.17) is 4.42 Å². The summed E-state index contributed by atoms with van der Waals surface area (Å²) in [5, 5.41) is 9.17. The molecule has 0 atom stereocenters. The van der Waals surface area contributed by atoms with Crippen LogP contribution >= 0.6 is 11.8 Å². The van der Waals surface area contributed by atoms with Gasteiger partial charge in [-0.1, -0.05) is 44.7 Å². The van der Waals surface area contributed by atoms with E-state index in [2.05, 4.69) is 46.6 Å². The number of hydrogen-bond donors (Lipinski definition) is 0. The number of fused-ring (bicyclic) bond motifs is 1. The maximum Gasteiger partial charge on any atom is 0.226 e. The lowest BCUT2D eigenvalue weighted by Crippen LogP contribution is -2.11. The van der Waals surface area contributed by atoms with E-state index in [9.17, 15) is 0 Å². The minimum atomic E-state index is -0.117. The Morgan fingerprint density at radius 2 is 1.95 bits per heavy atom. The lowest BCUT2D eigenvalue weighted by atomic mass is 9.97. The van der Waals surface area contributed by atoms with Gasteiger partial charge in [-0.15, -0.1) is 10.2 Å². The Balaban J connectivity index is 1.77. The quantitative estimate of drug-likeness (QED) is 0.693. The number of aromatic nitrogens is 4. The van der Waals surface area contributed by atoms with Gasteiger partial charge in [-0.05, 0) is 12.1 Å². The molecule has 2 heterocycles. The van der Waals surface area contributed by atoms with Crippen LogP contribution in [0.3, 0.4) is 0 Å². The van der Waals surface area contributed by atoms with Gasteiger partial charge < -0.3 is 8.98 Å². The van der Waals surface area contributed by atoms with Crippen LogP contribution in [0.15, 0.2) is 33.8 Å². The minimum absolute atomic E-state index is 0.117. The molecule has 0 spiro atoms. The van der Waals surface area contributed by atoms with Crippen LogP contribution in [0.1, 0.15) is 32.6 Å². The molecule has 0 radical (unpaired) electrons. The van der Waals surface area contributed by atoms with E-state index in [1.54, 1.807) is 11.8 Å². The van der Waals surface area contributed by atoms with Crippen LogP contribution in [0.4, 0.5) is 0 Å². The second-order valence-corrected chi connectivity index (χ2v) is 6.92. The van der Waals surface area contributed by atoms with Gasteiger partial charge >= 0.3 is 0 Å². The summed E-state index contributed by atoms with van der Waals surface area (Å²) in [5.74, 6) is 1.93. The SMILES string of the molecule is Cn1c(SCc2nnc(C(C)(C)C)o2)nc2ccccc21. The first-order chi connectivity index (χ1) is 9.95. The molecule has 0 unspecified atom stereocenters. The van der Waals surface area contributed by atoms with E-state index < -0.39 is 0 Å². The maximum absolute atomic E-state index is 5.70. The van der Waals surface area contributed by atoms with Gasteiger partial charge in [-0.3, -0.25) is 0 Å². The highest BCUT2D eigenvalue weighted by Crippen LogP contribution is 2.27. The number of hydrogen-bond acceptors (Lipinski definition) is 5. The molecular weight excluding hydrogens is 284 g/mol. The molecule has 0 fully saturated rings. The summed E-state index contributed by atoms with van der Waals surface area (Å²) in [4.78, 5) is 4.62. The lowest BCUT2D eigenvalue weighted by molar-refractivity contribution is 0.378. The number of aryl methyl sites for hydroxylation is 1. The van der Waals surface area contributed by atoms with Crippen molar-refractivity contribution in [1.82, 2.24) is 19.7 Å². The van der Waals surface area contributed by atoms with Gasteiger partial charge in [0, 0.05) is 12.5 Å². The number of imidazole rings is 1. The zero-order chi connectivity index (χ0) is 15.0. The largest absolute Gasteiger partial charge is 0.424 e. The standard InChI is InChI=1S/C15H18N4OS/c1-15(2,3)13-18-17-12(20-13)9-21-14-16-10-7-5-6-8-11(10)19(14)4/h5-8H,9H2,1-4H3. The average molecular weight is 302 g/mol. The summed E-state index contributed by atoms with van der Waals surface area (Å²) in [6.45, 7) is 6.18. The van der Waals surface area contributed by atoms with Gasteiger partial charge in [0.1, 0.15) is 0 Å². The molecule has 0 aliphatic rings. The lowest BCUT2D eigenvalue weighted by Gasteiger charge is -2.10. The van der Waals surface area contributed by atoms with Gasteiger partial charge in [-0.25, -0.2) is 4.98 Å². The van der Waals surface area contributed by atoms with Crippen LogP contribution in [0.5, 0.6) is 0 Å². The third-order valence-corrected chi connectivity index (χ3v) is 4.19. The zero-order valence-electron chi connectivity index (χ0n) is 12.6. The second kappa shape index (κ2) is 5.18. The zero-order valence-corrected chi connectivity index (χ0v) is 13.4. The monoisotopic (exact) mass is 302 g/mol. The maximum atomic E-state index is 5.70. The van der Waals surface area contributed by atoms with Gasteiger partial charge in [0.15, 0.2) is 5.16 Å². The molecule has 6 heteroatoms. The van der Waals surface area contributed by atoms with Gasteiger partial charge in [0.05, 0.1) is 16.8 Å². The first-order valence-corrected chi connectivity index (χ1v) is 7.81. The normalized spacial score (nSPS) is 12.2. The molecule has 0 aliphatic carbocycles. The Hall–Kier alpha value is -1.82. The van der Waals surface area contributed by atoms with Crippen LogP contribution in [-0.2, 0) is 18.2 Å². The van der Waals surface area contributed by atoms with Crippen LogP contribution < -0.4 is 0 Å². The predicted octanol–water partition coefficient (Wildman–Crippen LogP) is 3.55. The Morgan fingerprint density at radius 1 is 1.19 bits per heavy atom. The van der Waals surface area contributed by atoms with Crippen molar-refractivity contribution in [2.45, 2.75) is 37.1 Å². The van der Waals surface area contributed by atoms with Gasteiger partial charge in [0.2, 0.25) is 11.8 Å². The Morgan fingerprint density at radius 3 is 2.62 bits per heavy atom. The summed E-state index contributed by atoms with van der Waals surface area (Å²) >= 11 is 1.61. The molecule has 5 nitrogen and oxygen atoms in total. The Kier molecular flexibility index (Phi) is 3.49. The molecule has 0 N–H and O–H groups in total. The molecule has 3 rings (SSSR count). The first-order valence-electron chi connectivity index (χ1n) is 6.82. The Bertz CT molecular complexity index is 769. The smallest absolute Gasteiger partial charge is 0.226 e. The molecule has 1 aromatic carbocycles. The van der Waals surface area contributed by atoms with E-state index in [0.717, 1.165) is 16.2 Å². The molecule has 2 aromatic heterocycles. The number of thioether (sulfide) groups is 1. The van der Waals surface area contributed by atoms with Crippen molar-refractivity contribution in [1.29, 1.82) is 0 Å². The summed E-state index contributed by atoms with van der Waals surface area (Å²) in [6, 6.07) is 8.10. The molecule has 0 aliphatic heterocycles. The minimum Gasteiger partial charge on any atom is -0.424 e. The highest BCUT2D eigenvalue weighted by Gasteiger charge is 2.21. The summed E-state index contributed by atoms with van der Waals surface area (Å²) in [7, 11) is 2.02. The van der Waals surface area contributed by atoms with Crippen molar-refractivity contribution in [2.75, 3.05) is 0 Å². The summed E-state index contributed by atoms with van der Waals surface area (Å²) in [5.41, 5.74) is 2.01. The molecule has 21 heavy (non-hydrogen) atoms. The van der Waals surface area contributed by atoms with Crippen LogP contribution in [0.25, 0.3) is 11.0 Å². The van der Waals surface area contributed by atoms with Gasteiger partial charge in [-0.2, -0.15) is 0 Å². The fourth-order valence-electron chi connectivity index (χ4n) is 1.99. The third-order valence-electron chi connectivity index (χ3n) is 3.18. The van der Waals surface area contributed by atoms with Crippen LogP contribution in [0.2, 0.25) is 0 Å². The number of para-hydroxylation sites is 2. The van der Waals surface area contributed by atoms with Crippen molar-refractivity contribution < 1.29 is 4.42 Å². The molecular formula is C15H18N4OS. The van der Waals surface area contributed by atoms with E-state index in [-0.39, 0.29) is 5.41 Å². The average Bonchev–Trinajstić information content (AvgIpc) is 3.02. The predicted molar refractivity (Wildman–Crippen MR) is 83.3 cm³/mol. The van der Waals surface area contributed by atoms with Crippen molar-refractivity contribution in [3.8, 4) is 0 Å². The van der Waals surface area contributed by atoms with E-state index >= 15 is 0 Å². The highest BCUT2D eigenvalue weighted by atomic mass is 32.2. The molecule has 110 valence electrons. The van der Waals surface area contributed by atoms with Crippen molar-refractivity contribution in [3.63, 3.8) is 0 Å². The topological polar surface area (TPSA) is 56.7 Å². The molecule has 0 saturated carbocycles. The summed E-state index contributed by atoms with van der Waals surface area (Å²) < 4.78 is 7.79.